The van der Waals surface area contributed by atoms with Crippen LogP contribution in [0.4, 0.5) is 0 Å². The number of benzene rings is 2. The Kier molecular flexibility index (Phi) is 6.38. The lowest BCUT2D eigenvalue weighted by molar-refractivity contribution is -0.0296. The number of piperidine rings is 1. The average molecular weight is 393 g/mol. The van der Waals surface area contributed by atoms with E-state index >= 15 is 0 Å². The largest absolute Gasteiger partial charge is 0.364 e. The molecule has 1 atom stereocenters. The van der Waals surface area contributed by atoms with Gasteiger partial charge >= 0.3 is 0 Å². The number of hydrogen-bond donors (Lipinski definition) is 0. The Bertz CT molecular complexity index is 847. The van der Waals surface area contributed by atoms with E-state index in [4.69, 9.17) is 16.3 Å². The van der Waals surface area contributed by atoms with Crippen LogP contribution in [-0.2, 0) is 11.3 Å². The van der Waals surface area contributed by atoms with Gasteiger partial charge in [-0.1, -0.05) is 60.1 Å². The number of halogens is 1. The smallest absolute Gasteiger partial charge is 0.125 e. The molecule has 1 aliphatic heterocycles. The Hall–Kier alpha value is -2.20. The SMILES string of the molecule is Clc1ccc(C(OC2CCN(Cc3ccccc3)CC2)c2ccccn2)cc1. The van der Waals surface area contributed by atoms with Crippen molar-refractivity contribution < 1.29 is 4.74 Å². The number of ether oxygens (including phenoxy) is 1. The Morgan fingerprint density at radius 3 is 2.32 bits per heavy atom. The molecular formula is C24H25ClN2O. The van der Waals surface area contributed by atoms with Crippen molar-refractivity contribution in [3.63, 3.8) is 0 Å². The van der Waals surface area contributed by atoms with Crippen molar-refractivity contribution in [2.75, 3.05) is 13.1 Å². The first kappa shape index (κ1) is 19.1. The average Bonchev–Trinajstić information content (AvgIpc) is 2.75. The summed E-state index contributed by atoms with van der Waals surface area (Å²) in [6.07, 6.45) is 3.95. The summed E-state index contributed by atoms with van der Waals surface area (Å²) in [6.45, 7) is 3.11. The molecule has 0 saturated carbocycles. The van der Waals surface area contributed by atoms with Crippen molar-refractivity contribution in [2.45, 2.75) is 31.6 Å². The quantitative estimate of drug-likeness (QED) is 0.553. The van der Waals surface area contributed by atoms with E-state index in [0.29, 0.717) is 0 Å². The monoisotopic (exact) mass is 392 g/mol. The highest BCUT2D eigenvalue weighted by Crippen LogP contribution is 2.30. The van der Waals surface area contributed by atoms with E-state index in [1.807, 2.05) is 48.7 Å². The Morgan fingerprint density at radius 2 is 1.64 bits per heavy atom. The second-order valence-corrected chi connectivity index (χ2v) is 7.72. The summed E-state index contributed by atoms with van der Waals surface area (Å²) < 4.78 is 6.57. The van der Waals surface area contributed by atoms with Gasteiger partial charge in [0, 0.05) is 30.9 Å². The van der Waals surface area contributed by atoms with Gasteiger partial charge in [-0.15, -0.1) is 0 Å². The van der Waals surface area contributed by atoms with Crippen LogP contribution in [0, 0.1) is 0 Å². The molecule has 2 heterocycles. The molecule has 0 amide bonds. The van der Waals surface area contributed by atoms with Crippen LogP contribution in [0.5, 0.6) is 0 Å². The number of pyridine rings is 1. The van der Waals surface area contributed by atoms with Crippen molar-refractivity contribution in [2.24, 2.45) is 0 Å². The molecule has 0 N–H and O–H groups in total. The lowest BCUT2D eigenvalue weighted by atomic mass is 10.0. The third kappa shape index (κ3) is 4.99. The van der Waals surface area contributed by atoms with E-state index in [2.05, 4.69) is 40.2 Å². The Labute approximate surface area is 171 Å². The van der Waals surface area contributed by atoms with Gasteiger partial charge in [0.15, 0.2) is 0 Å². The fourth-order valence-electron chi connectivity index (χ4n) is 3.73. The van der Waals surface area contributed by atoms with Gasteiger partial charge in [0.1, 0.15) is 6.10 Å². The molecule has 1 aliphatic rings. The maximum Gasteiger partial charge on any atom is 0.125 e. The summed E-state index contributed by atoms with van der Waals surface area (Å²) in [5.41, 5.74) is 3.40. The lowest BCUT2D eigenvalue weighted by Gasteiger charge is -2.34. The first-order valence-electron chi connectivity index (χ1n) is 9.86. The second kappa shape index (κ2) is 9.33. The molecule has 4 heteroatoms. The van der Waals surface area contributed by atoms with Gasteiger partial charge in [-0.25, -0.2) is 0 Å². The maximum atomic E-state index is 6.57. The van der Waals surface area contributed by atoms with Gasteiger partial charge in [0.25, 0.3) is 0 Å². The zero-order valence-corrected chi connectivity index (χ0v) is 16.6. The molecule has 4 rings (SSSR count). The molecule has 0 bridgehead atoms. The fraction of sp³-hybridized carbons (Fsp3) is 0.292. The van der Waals surface area contributed by atoms with Gasteiger partial charge in [0.05, 0.1) is 11.8 Å². The second-order valence-electron chi connectivity index (χ2n) is 7.28. The van der Waals surface area contributed by atoms with Gasteiger partial charge in [-0.3, -0.25) is 9.88 Å². The Balaban J connectivity index is 1.41. The predicted molar refractivity (Wildman–Crippen MR) is 113 cm³/mol. The number of nitrogens with zero attached hydrogens (tertiary/aromatic N) is 2. The molecule has 1 saturated heterocycles. The highest BCUT2D eigenvalue weighted by atomic mass is 35.5. The van der Waals surface area contributed by atoms with Crippen LogP contribution < -0.4 is 0 Å². The molecule has 3 aromatic rings. The molecule has 1 fully saturated rings. The highest BCUT2D eigenvalue weighted by molar-refractivity contribution is 6.30. The minimum Gasteiger partial charge on any atom is -0.364 e. The molecule has 1 aromatic heterocycles. The van der Waals surface area contributed by atoms with Gasteiger partial charge in [0.2, 0.25) is 0 Å². The van der Waals surface area contributed by atoms with Crippen LogP contribution in [0.3, 0.4) is 0 Å². The third-order valence-corrected chi connectivity index (χ3v) is 5.49. The summed E-state index contributed by atoms with van der Waals surface area (Å²) in [5, 5.41) is 0.734. The summed E-state index contributed by atoms with van der Waals surface area (Å²) >= 11 is 6.07. The fourth-order valence-corrected chi connectivity index (χ4v) is 3.85. The van der Waals surface area contributed by atoms with Crippen molar-refractivity contribution in [3.05, 3.63) is 101 Å². The zero-order chi connectivity index (χ0) is 19.2. The van der Waals surface area contributed by atoms with Crippen LogP contribution in [0.1, 0.15) is 35.8 Å². The number of rotatable bonds is 6. The minimum atomic E-state index is -0.163. The topological polar surface area (TPSA) is 25.4 Å². The molecule has 144 valence electrons. The number of likely N-dealkylation sites (tertiary alicyclic amines) is 1. The van der Waals surface area contributed by atoms with E-state index in [1.165, 1.54) is 5.56 Å². The van der Waals surface area contributed by atoms with Crippen molar-refractivity contribution in [1.82, 2.24) is 9.88 Å². The summed E-state index contributed by atoms with van der Waals surface area (Å²) in [7, 11) is 0. The first-order chi connectivity index (χ1) is 13.8. The maximum absolute atomic E-state index is 6.57. The molecule has 0 radical (unpaired) electrons. The molecular weight excluding hydrogens is 368 g/mol. The van der Waals surface area contributed by atoms with E-state index in [1.54, 1.807) is 0 Å². The summed E-state index contributed by atoms with van der Waals surface area (Å²) in [6, 6.07) is 24.5. The highest BCUT2D eigenvalue weighted by Gasteiger charge is 2.25. The van der Waals surface area contributed by atoms with Crippen molar-refractivity contribution >= 4 is 11.6 Å². The molecule has 0 aliphatic carbocycles. The predicted octanol–water partition coefficient (Wildman–Crippen LogP) is 5.51. The molecule has 2 aromatic carbocycles. The van der Waals surface area contributed by atoms with Gasteiger partial charge in [-0.2, -0.15) is 0 Å². The Morgan fingerprint density at radius 1 is 0.929 bits per heavy atom. The number of aromatic nitrogens is 1. The minimum absolute atomic E-state index is 0.163. The molecule has 28 heavy (non-hydrogen) atoms. The standard InChI is InChI=1S/C24H25ClN2O/c25-21-11-9-20(10-12-21)24(23-8-4-5-15-26-23)28-22-13-16-27(17-14-22)18-19-6-2-1-3-7-19/h1-12,15,22,24H,13-14,16-18H2. The summed E-state index contributed by atoms with van der Waals surface area (Å²) in [4.78, 5) is 7.05. The van der Waals surface area contributed by atoms with E-state index < -0.39 is 0 Å². The molecule has 3 nitrogen and oxygen atoms in total. The normalized spacial score (nSPS) is 16.8. The first-order valence-corrected chi connectivity index (χ1v) is 10.2. The molecule has 1 unspecified atom stereocenters. The van der Waals surface area contributed by atoms with E-state index in [9.17, 15) is 0 Å². The van der Waals surface area contributed by atoms with Crippen LogP contribution >= 0.6 is 11.6 Å². The number of hydrogen-bond acceptors (Lipinski definition) is 3. The van der Waals surface area contributed by atoms with Crippen molar-refractivity contribution in [3.8, 4) is 0 Å². The van der Waals surface area contributed by atoms with Gasteiger partial charge in [-0.05, 0) is 48.2 Å². The van der Waals surface area contributed by atoms with Crippen LogP contribution in [0.25, 0.3) is 0 Å². The van der Waals surface area contributed by atoms with E-state index in [-0.39, 0.29) is 12.2 Å². The van der Waals surface area contributed by atoms with Crippen LogP contribution in [0.15, 0.2) is 79.0 Å². The van der Waals surface area contributed by atoms with Gasteiger partial charge < -0.3 is 4.74 Å². The van der Waals surface area contributed by atoms with Crippen LogP contribution in [-0.4, -0.2) is 29.1 Å². The van der Waals surface area contributed by atoms with Crippen molar-refractivity contribution in [1.29, 1.82) is 0 Å². The summed E-state index contributed by atoms with van der Waals surface area (Å²) in [5.74, 6) is 0. The molecule has 0 spiro atoms. The zero-order valence-electron chi connectivity index (χ0n) is 15.9. The van der Waals surface area contributed by atoms with Crippen LogP contribution in [0.2, 0.25) is 5.02 Å². The lowest BCUT2D eigenvalue weighted by Crippen LogP contribution is -2.37. The van der Waals surface area contributed by atoms with E-state index in [0.717, 1.165) is 48.8 Å². The third-order valence-electron chi connectivity index (χ3n) is 5.24.